The predicted molar refractivity (Wildman–Crippen MR) is 150 cm³/mol. The predicted octanol–water partition coefficient (Wildman–Crippen LogP) is 4.76. The minimum atomic E-state index is -0.671. The van der Waals surface area contributed by atoms with Crippen molar-refractivity contribution in [3.63, 3.8) is 0 Å². The molecule has 0 unspecified atom stereocenters. The van der Waals surface area contributed by atoms with E-state index in [0.717, 1.165) is 5.69 Å². The van der Waals surface area contributed by atoms with Gasteiger partial charge in [-0.15, -0.1) is 0 Å². The van der Waals surface area contributed by atoms with Crippen LogP contribution in [0.25, 0.3) is 27.8 Å². The Balaban J connectivity index is 1.46. The smallest absolute Gasteiger partial charge is 0.324 e. The molecule has 3 N–H and O–H groups in total. The van der Waals surface area contributed by atoms with Gasteiger partial charge in [-0.1, -0.05) is 26.8 Å². The van der Waals surface area contributed by atoms with E-state index in [-0.39, 0.29) is 16.7 Å². The Hall–Kier alpha value is -4.65. The second-order valence-electron chi connectivity index (χ2n) is 9.88. The lowest BCUT2D eigenvalue weighted by molar-refractivity contribution is 0.262. The second-order valence-corrected chi connectivity index (χ2v) is 10.5. The second kappa shape index (κ2) is 9.91. The lowest BCUT2D eigenvalue weighted by atomic mass is 9.92. The highest BCUT2D eigenvalue weighted by Crippen LogP contribution is 2.28. The third-order valence-electron chi connectivity index (χ3n) is 6.08. The van der Waals surface area contributed by atoms with E-state index >= 15 is 0 Å². The third-order valence-corrected chi connectivity index (χ3v) is 6.65. The summed E-state index contributed by atoms with van der Waals surface area (Å²) in [5.41, 5.74) is 1.96. The number of carbonyl (C=O) groups is 1. The molecule has 2 amide bonds. The maximum atomic E-state index is 14.8. The molecule has 11 nitrogen and oxygen atoms in total. The first-order chi connectivity index (χ1) is 18.5. The van der Waals surface area contributed by atoms with Gasteiger partial charge in [0.1, 0.15) is 17.3 Å². The van der Waals surface area contributed by atoms with Crippen LogP contribution in [-0.4, -0.2) is 41.8 Å². The van der Waals surface area contributed by atoms with Crippen LogP contribution in [0.1, 0.15) is 26.5 Å². The Morgan fingerprint density at radius 2 is 1.90 bits per heavy atom. The number of halogens is 1. The Bertz CT molecular complexity index is 1750. The molecule has 0 aliphatic rings. The normalized spacial score (nSPS) is 11.5. The number of fused-ring (bicyclic) bond motifs is 1. The van der Waals surface area contributed by atoms with E-state index in [0.29, 0.717) is 39.6 Å². The highest BCUT2D eigenvalue weighted by Gasteiger charge is 2.22. The van der Waals surface area contributed by atoms with Crippen LogP contribution in [0.3, 0.4) is 0 Å². The molecular weight excluding hydrogens is 521 g/mol. The first kappa shape index (κ1) is 26.0. The number of nitrogens with one attached hydrogen (secondary N) is 3. The summed E-state index contributed by atoms with van der Waals surface area (Å²) < 4.78 is 21.9. The van der Waals surface area contributed by atoms with Gasteiger partial charge in [-0.2, -0.15) is 14.5 Å². The van der Waals surface area contributed by atoms with Gasteiger partial charge >= 0.3 is 6.03 Å². The topological polar surface area (TPSA) is 132 Å². The average Bonchev–Trinajstić information content (AvgIpc) is 3.57. The standard InChI is InChI=1S/C26H26FN9O2S/c1-26(2,3)20-10-21(36(34-20)16-12-30-39-13-16)32-25(38)31-19-9-14(6-7-18(19)27)17-8-15-11-29-24(28-4)33-22(15)35(5)23(17)37/h6-13H,1-5H3,(H,28,29,33)(H2,31,32,38). The molecule has 0 radical (unpaired) electrons. The molecule has 0 saturated carbocycles. The summed E-state index contributed by atoms with van der Waals surface area (Å²) in [4.78, 5) is 34.7. The van der Waals surface area contributed by atoms with E-state index in [1.165, 1.54) is 34.3 Å². The number of hydrogen-bond acceptors (Lipinski definition) is 8. The van der Waals surface area contributed by atoms with Gasteiger partial charge in [-0.25, -0.2) is 18.9 Å². The molecule has 0 fully saturated rings. The van der Waals surface area contributed by atoms with Gasteiger partial charge in [-0.3, -0.25) is 14.7 Å². The van der Waals surface area contributed by atoms with E-state index in [4.69, 9.17) is 0 Å². The minimum Gasteiger partial charge on any atom is -0.357 e. The van der Waals surface area contributed by atoms with Crippen LogP contribution in [-0.2, 0) is 12.5 Å². The highest BCUT2D eigenvalue weighted by molar-refractivity contribution is 7.03. The van der Waals surface area contributed by atoms with E-state index in [1.54, 1.807) is 48.7 Å². The van der Waals surface area contributed by atoms with Crippen molar-refractivity contribution in [2.75, 3.05) is 23.0 Å². The van der Waals surface area contributed by atoms with Crippen LogP contribution in [0.5, 0.6) is 0 Å². The Morgan fingerprint density at radius 1 is 1.10 bits per heavy atom. The summed E-state index contributed by atoms with van der Waals surface area (Å²) >= 11 is 1.26. The van der Waals surface area contributed by atoms with Crippen molar-refractivity contribution in [1.29, 1.82) is 0 Å². The first-order valence-corrected chi connectivity index (χ1v) is 12.8. The van der Waals surface area contributed by atoms with Crippen LogP contribution in [0.15, 0.2) is 52.9 Å². The van der Waals surface area contributed by atoms with Crippen molar-refractivity contribution >= 4 is 46.1 Å². The molecule has 200 valence electrons. The van der Waals surface area contributed by atoms with Gasteiger partial charge in [-0.05, 0) is 35.3 Å². The lowest BCUT2D eigenvalue weighted by Crippen LogP contribution is -2.22. The third kappa shape index (κ3) is 5.08. The summed E-state index contributed by atoms with van der Waals surface area (Å²) in [6.07, 6.45) is 3.25. The van der Waals surface area contributed by atoms with Gasteiger partial charge < -0.3 is 10.6 Å². The molecule has 4 aromatic heterocycles. The summed E-state index contributed by atoms with van der Waals surface area (Å²) in [6.45, 7) is 6.04. The van der Waals surface area contributed by atoms with Crippen molar-refractivity contribution in [2.45, 2.75) is 26.2 Å². The molecule has 0 bridgehead atoms. The zero-order valence-electron chi connectivity index (χ0n) is 21.9. The summed E-state index contributed by atoms with van der Waals surface area (Å²) in [5.74, 6) is 0.133. The summed E-state index contributed by atoms with van der Waals surface area (Å²) in [6, 6.07) is 6.85. The largest absolute Gasteiger partial charge is 0.357 e. The molecule has 0 spiro atoms. The minimum absolute atomic E-state index is 0.0896. The van der Waals surface area contributed by atoms with Gasteiger partial charge in [0.25, 0.3) is 5.56 Å². The zero-order valence-corrected chi connectivity index (χ0v) is 22.7. The summed E-state index contributed by atoms with van der Waals surface area (Å²) in [5, 5.41) is 15.2. The molecule has 0 aliphatic carbocycles. The lowest BCUT2D eigenvalue weighted by Gasteiger charge is -2.13. The highest BCUT2D eigenvalue weighted by atomic mass is 32.1. The fourth-order valence-corrected chi connectivity index (χ4v) is 4.47. The fourth-order valence-electron chi connectivity index (χ4n) is 3.97. The van der Waals surface area contributed by atoms with Crippen LogP contribution in [0.2, 0.25) is 0 Å². The van der Waals surface area contributed by atoms with Crippen LogP contribution >= 0.6 is 11.5 Å². The SMILES string of the molecule is CNc1ncc2cc(-c3ccc(F)c(NC(=O)Nc4cc(C(C)(C)C)nn4-c4cnsc4)c3)c(=O)n(C)c2n1. The van der Waals surface area contributed by atoms with Crippen molar-refractivity contribution < 1.29 is 9.18 Å². The number of benzene rings is 1. The van der Waals surface area contributed by atoms with E-state index in [9.17, 15) is 14.0 Å². The molecule has 5 aromatic rings. The molecule has 1 aromatic carbocycles. The van der Waals surface area contributed by atoms with Crippen molar-refractivity contribution in [2.24, 2.45) is 7.05 Å². The first-order valence-electron chi connectivity index (χ1n) is 12.0. The molecule has 5 rings (SSSR count). The molecule has 0 aliphatic heterocycles. The van der Waals surface area contributed by atoms with E-state index in [2.05, 4.69) is 35.4 Å². The molecular formula is C26H26FN9O2S. The molecule has 0 atom stereocenters. The van der Waals surface area contributed by atoms with Crippen molar-refractivity contribution in [3.05, 3.63) is 70.0 Å². The molecule has 0 saturated heterocycles. The average molecular weight is 548 g/mol. The Morgan fingerprint density at radius 3 is 2.59 bits per heavy atom. The number of urea groups is 1. The van der Waals surface area contributed by atoms with Crippen molar-refractivity contribution in [3.8, 4) is 16.8 Å². The monoisotopic (exact) mass is 547 g/mol. The maximum Gasteiger partial charge on any atom is 0.324 e. The maximum absolute atomic E-state index is 14.8. The van der Waals surface area contributed by atoms with Crippen molar-refractivity contribution in [1.82, 2.24) is 28.7 Å². The van der Waals surface area contributed by atoms with Gasteiger partial charge in [0.2, 0.25) is 5.95 Å². The van der Waals surface area contributed by atoms with E-state index < -0.39 is 11.8 Å². The number of pyridine rings is 1. The Labute approximate surface area is 226 Å². The van der Waals surface area contributed by atoms with Gasteiger partial charge in [0.05, 0.1) is 23.3 Å². The van der Waals surface area contributed by atoms with Gasteiger partial charge in [0, 0.05) is 48.1 Å². The molecule has 4 heterocycles. The van der Waals surface area contributed by atoms with E-state index in [1.807, 2.05) is 20.8 Å². The number of hydrogen-bond donors (Lipinski definition) is 3. The zero-order chi connectivity index (χ0) is 27.9. The van der Waals surface area contributed by atoms with Gasteiger partial charge in [0.15, 0.2) is 0 Å². The van der Waals surface area contributed by atoms with Crippen LogP contribution in [0.4, 0.5) is 26.6 Å². The number of carbonyl (C=O) groups excluding carboxylic acids is 1. The number of anilines is 3. The quantitative estimate of drug-likeness (QED) is 0.289. The number of amides is 2. The number of rotatable bonds is 5. The number of nitrogens with zero attached hydrogens (tertiary/aromatic N) is 6. The Kier molecular flexibility index (Phi) is 6.60. The fraction of sp³-hybridized carbons (Fsp3) is 0.231. The molecule has 39 heavy (non-hydrogen) atoms. The van der Waals surface area contributed by atoms with Crippen LogP contribution < -0.4 is 21.5 Å². The summed E-state index contributed by atoms with van der Waals surface area (Å²) in [7, 11) is 3.29. The molecule has 13 heteroatoms. The van der Waals surface area contributed by atoms with Crippen LogP contribution in [0, 0.1) is 5.82 Å². The number of aromatic nitrogens is 6. The number of aryl methyl sites for hydroxylation is 1.